The van der Waals surface area contributed by atoms with Crippen molar-refractivity contribution in [1.82, 2.24) is 10.4 Å². The first-order valence-corrected chi connectivity index (χ1v) is 8.40. The van der Waals surface area contributed by atoms with Crippen LogP contribution in [0.15, 0.2) is 42.5 Å². The summed E-state index contributed by atoms with van der Waals surface area (Å²) in [6.45, 7) is 1.42. The van der Waals surface area contributed by atoms with Gasteiger partial charge in [0.2, 0.25) is 0 Å². The van der Waals surface area contributed by atoms with E-state index in [1.807, 2.05) is 0 Å². The molecular formula is C20H18F3N3O2. The van der Waals surface area contributed by atoms with Gasteiger partial charge in [0.1, 0.15) is 0 Å². The lowest BCUT2D eigenvalue weighted by molar-refractivity contribution is -0.137. The van der Waals surface area contributed by atoms with Gasteiger partial charge in [-0.2, -0.15) is 13.2 Å². The molecule has 0 fully saturated rings. The molecule has 1 heterocycles. The van der Waals surface area contributed by atoms with Gasteiger partial charge >= 0.3 is 6.18 Å². The van der Waals surface area contributed by atoms with Crippen molar-refractivity contribution in [2.45, 2.75) is 13.1 Å². The van der Waals surface area contributed by atoms with E-state index in [0.717, 1.165) is 12.1 Å². The first-order chi connectivity index (χ1) is 13.1. The standard InChI is InChI=1S/C20H18F3N3O2/c1-11(27)13-6-9-16-15(10-13)17(19(28)24-16)18(25-26(2)3)12-4-7-14(8-5-12)20(21,22)23/h4-10,25H,1-3H3,(H,24,28)/b18-17-. The van der Waals surface area contributed by atoms with Crippen LogP contribution in [-0.2, 0) is 11.0 Å². The molecular weight excluding hydrogens is 371 g/mol. The predicted molar refractivity (Wildman–Crippen MR) is 100 cm³/mol. The highest BCUT2D eigenvalue weighted by Gasteiger charge is 2.32. The highest BCUT2D eigenvalue weighted by molar-refractivity contribution is 6.36. The number of anilines is 1. The number of nitrogens with one attached hydrogen (secondary N) is 2. The molecule has 0 saturated heterocycles. The number of rotatable bonds is 4. The van der Waals surface area contributed by atoms with E-state index in [2.05, 4.69) is 10.7 Å². The van der Waals surface area contributed by atoms with E-state index in [9.17, 15) is 22.8 Å². The zero-order valence-corrected chi connectivity index (χ0v) is 15.4. The summed E-state index contributed by atoms with van der Waals surface area (Å²) in [5.41, 5.74) is 4.72. The van der Waals surface area contributed by atoms with Gasteiger partial charge in [-0.15, -0.1) is 0 Å². The van der Waals surface area contributed by atoms with Crippen molar-refractivity contribution in [2.75, 3.05) is 19.4 Å². The molecule has 3 rings (SSSR count). The van der Waals surface area contributed by atoms with Gasteiger partial charge in [-0.1, -0.05) is 12.1 Å². The largest absolute Gasteiger partial charge is 0.416 e. The van der Waals surface area contributed by atoms with Crippen LogP contribution >= 0.6 is 0 Å². The Hall–Kier alpha value is -3.13. The Balaban J connectivity index is 2.19. The van der Waals surface area contributed by atoms with Crippen molar-refractivity contribution >= 4 is 28.6 Å². The number of Topliss-reactive ketones (excluding diaryl/α,β-unsaturated/α-hetero) is 1. The summed E-state index contributed by atoms with van der Waals surface area (Å²) in [5.74, 6) is -0.557. The van der Waals surface area contributed by atoms with Gasteiger partial charge in [0.05, 0.1) is 16.8 Å². The number of hydrogen-bond acceptors (Lipinski definition) is 4. The van der Waals surface area contributed by atoms with Crippen molar-refractivity contribution in [3.8, 4) is 0 Å². The summed E-state index contributed by atoms with van der Waals surface area (Å²) in [6, 6.07) is 9.40. The number of alkyl halides is 3. The number of benzene rings is 2. The molecule has 0 unspecified atom stereocenters. The lowest BCUT2D eigenvalue weighted by atomic mass is 9.97. The molecule has 28 heavy (non-hydrogen) atoms. The molecule has 0 aliphatic carbocycles. The number of carbonyl (C=O) groups excluding carboxylic acids is 2. The van der Waals surface area contributed by atoms with Crippen molar-refractivity contribution in [1.29, 1.82) is 0 Å². The molecule has 0 saturated carbocycles. The van der Waals surface area contributed by atoms with Crippen LogP contribution in [0.2, 0.25) is 0 Å². The predicted octanol–water partition coefficient (Wildman–Crippen LogP) is 3.79. The van der Waals surface area contributed by atoms with Crippen LogP contribution in [0, 0.1) is 0 Å². The van der Waals surface area contributed by atoms with Crippen LogP contribution in [0.3, 0.4) is 0 Å². The Labute approximate surface area is 159 Å². The number of ketones is 1. The second-order valence-electron chi connectivity index (χ2n) is 6.60. The van der Waals surface area contributed by atoms with Crippen molar-refractivity contribution < 1.29 is 22.8 Å². The first-order valence-electron chi connectivity index (χ1n) is 8.40. The van der Waals surface area contributed by atoms with Crippen molar-refractivity contribution in [2.24, 2.45) is 0 Å². The number of fused-ring (bicyclic) bond motifs is 1. The number of carbonyl (C=O) groups is 2. The van der Waals surface area contributed by atoms with E-state index in [-0.39, 0.29) is 11.4 Å². The molecule has 0 spiro atoms. The molecule has 1 amide bonds. The Bertz CT molecular complexity index is 977. The Morgan fingerprint density at radius 1 is 1.04 bits per heavy atom. The second kappa shape index (κ2) is 7.12. The molecule has 0 bridgehead atoms. The maximum Gasteiger partial charge on any atom is 0.416 e. The third-order valence-corrected chi connectivity index (χ3v) is 4.26. The van der Waals surface area contributed by atoms with E-state index in [1.165, 1.54) is 19.1 Å². The molecule has 0 aromatic heterocycles. The van der Waals surface area contributed by atoms with Crippen molar-refractivity contribution in [3.05, 3.63) is 64.7 Å². The van der Waals surface area contributed by atoms with Gasteiger partial charge in [-0.25, -0.2) is 5.01 Å². The summed E-state index contributed by atoms with van der Waals surface area (Å²) >= 11 is 0. The minimum Gasteiger partial charge on any atom is -0.321 e. The molecule has 8 heteroatoms. The van der Waals surface area contributed by atoms with E-state index in [4.69, 9.17) is 0 Å². The van der Waals surface area contributed by atoms with Gasteiger partial charge in [0.25, 0.3) is 5.91 Å². The molecule has 146 valence electrons. The van der Waals surface area contributed by atoms with Crippen LogP contribution in [0.25, 0.3) is 11.3 Å². The van der Waals surface area contributed by atoms with Gasteiger partial charge in [-0.3, -0.25) is 9.59 Å². The van der Waals surface area contributed by atoms with Crippen LogP contribution in [0.5, 0.6) is 0 Å². The Kier molecular flexibility index (Phi) is 4.99. The summed E-state index contributed by atoms with van der Waals surface area (Å²) in [7, 11) is 3.40. The molecule has 2 aromatic rings. The smallest absolute Gasteiger partial charge is 0.321 e. The van der Waals surface area contributed by atoms with E-state index in [1.54, 1.807) is 37.3 Å². The van der Waals surface area contributed by atoms with E-state index < -0.39 is 17.6 Å². The highest BCUT2D eigenvalue weighted by atomic mass is 19.4. The number of nitrogens with zero attached hydrogens (tertiary/aromatic N) is 1. The fraction of sp³-hybridized carbons (Fsp3) is 0.200. The first kappa shape index (κ1) is 19.6. The maximum absolute atomic E-state index is 12.9. The molecule has 1 aliphatic heterocycles. The molecule has 2 aromatic carbocycles. The molecule has 0 radical (unpaired) electrons. The maximum atomic E-state index is 12.9. The monoisotopic (exact) mass is 389 g/mol. The average Bonchev–Trinajstić information content (AvgIpc) is 2.93. The molecule has 0 atom stereocenters. The summed E-state index contributed by atoms with van der Waals surface area (Å²) < 4.78 is 38.6. The molecule has 5 nitrogen and oxygen atoms in total. The third-order valence-electron chi connectivity index (χ3n) is 4.26. The van der Waals surface area contributed by atoms with Gasteiger partial charge in [0.15, 0.2) is 5.78 Å². The summed E-state index contributed by atoms with van der Waals surface area (Å²) in [4.78, 5) is 24.4. The number of amides is 1. The normalized spacial score (nSPS) is 15.3. The highest BCUT2D eigenvalue weighted by Crippen LogP contribution is 2.37. The SMILES string of the molecule is CC(=O)c1ccc2c(c1)/C(=C(/NN(C)C)c1ccc(C(F)(F)F)cc1)C(=O)N2. The van der Waals surface area contributed by atoms with Gasteiger partial charge in [0, 0.05) is 30.9 Å². The third kappa shape index (κ3) is 3.77. The van der Waals surface area contributed by atoms with Gasteiger partial charge in [-0.05, 0) is 42.8 Å². The minimum absolute atomic E-state index is 0.154. The van der Waals surface area contributed by atoms with E-state index >= 15 is 0 Å². The van der Waals surface area contributed by atoms with Gasteiger partial charge < -0.3 is 10.7 Å². The minimum atomic E-state index is -4.45. The lowest BCUT2D eigenvalue weighted by Gasteiger charge is -2.20. The zero-order valence-electron chi connectivity index (χ0n) is 15.4. The Morgan fingerprint density at radius 2 is 1.64 bits per heavy atom. The molecule has 1 aliphatic rings. The Morgan fingerprint density at radius 3 is 2.18 bits per heavy atom. The summed E-state index contributed by atoms with van der Waals surface area (Å²) in [6.07, 6.45) is -4.45. The topological polar surface area (TPSA) is 61.4 Å². The van der Waals surface area contributed by atoms with Crippen LogP contribution in [0.4, 0.5) is 18.9 Å². The fourth-order valence-corrected chi connectivity index (χ4v) is 2.95. The summed E-state index contributed by atoms with van der Waals surface area (Å²) in [5, 5.41) is 4.31. The van der Waals surface area contributed by atoms with Crippen LogP contribution in [-0.4, -0.2) is 30.8 Å². The second-order valence-corrected chi connectivity index (χ2v) is 6.60. The van der Waals surface area contributed by atoms with Crippen LogP contribution in [0.1, 0.15) is 34.0 Å². The average molecular weight is 389 g/mol. The molecule has 2 N–H and O–H groups in total. The number of halogens is 3. The van der Waals surface area contributed by atoms with Crippen LogP contribution < -0.4 is 10.7 Å². The van der Waals surface area contributed by atoms with Crippen molar-refractivity contribution in [3.63, 3.8) is 0 Å². The fourth-order valence-electron chi connectivity index (χ4n) is 2.95. The number of hydrogen-bond donors (Lipinski definition) is 2. The quantitative estimate of drug-likeness (QED) is 0.475. The van der Waals surface area contributed by atoms with E-state index in [0.29, 0.717) is 28.1 Å². The zero-order chi connectivity index (χ0) is 20.6. The number of hydrazine groups is 1. The lowest BCUT2D eigenvalue weighted by Crippen LogP contribution is -2.30.